The molecule has 8 atom stereocenters. The van der Waals surface area contributed by atoms with E-state index in [-0.39, 0.29) is 55.6 Å². The molecular weight excluding hydrogens is 327 g/mol. The summed E-state index contributed by atoms with van der Waals surface area (Å²) in [5, 5.41) is 13.4. The van der Waals surface area contributed by atoms with Crippen molar-refractivity contribution < 1.29 is 42.9 Å². The Morgan fingerprint density at radius 2 is 1.88 bits per heavy atom. The van der Waals surface area contributed by atoms with Gasteiger partial charge in [-0.15, -0.1) is 6.58 Å². The first-order valence-electron chi connectivity index (χ1n) is 9.10. The fourth-order valence-electron chi connectivity index (χ4n) is 5.48. The van der Waals surface area contributed by atoms with Crippen LogP contribution in [0.3, 0.4) is 0 Å². The second-order valence-electron chi connectivity index (χ2n) is 8.41. The van der Waals surface area contributed by atoms with Gasteiger partial charge in [-0.3, -0.25) is 0 Å². The predicted octanol–water partition coefficient (Wildman–Crippen LogP) is -0.737. The van der Waals surface area contributed by atoms with Gasteiger partial charge < -0.3 is 24.1 Å². The summed E-state index contributed by atoms with van der Waals surface area (Å²) in [5.74, 6) is -0.334. The zero-order valence-corrected chi connectivity index (χ0v) is 17.2. The maximum atomic E-state index is 13.4. The van der Waals surface area contributed by atoms with E-state index >= 15 is 0 Å². The second-order valence-corrected chi connectivity index (χ2v) is 8.41. The molecule has 0 aromatic heterocycles. The molecule has 0 aromatic carbocycles. The number of fused-ring (bicyclic) bond motifs is 2. The molecule has 2 aliphatic carbocycles. The molecule has 26 heavy (non-hydrogen) atoms. The smallest absolute Gasteiger partial charge is 0.848 e. The van der Waals surface area contributed by atoms with Crippen LogP contribution in [0.25, 0.3) is 0 Å². The normalized spacial score (nSPS) is 46.6. The van der Waals surface area contributed by atoms with Crippen LogP contribution in [0.15, 0.2) is 24.3 Å². The van der Waals surface area contributed by atoms with Crippen molar-refractivity contribution >= 4 is 0 Å². The van der Waals surface area contributed by atoms with Gasteiger partial charge in [0.2, 0.25) is 0 Å². The number of hydrogen-bond donors (Lipinski definition) is 0. The van der Waals surface area contributed by atoms with E-state index in [0.29, 0.717) is 0 Å². The number of hydrogen-bond acceptors (Lipinski definition) is 5. The van der Waals surface area contributed by atoms with E-state index in [1.807, 2.05) is 33.8 Å². The third-order valence-corrected chi connectivity index (χ3v) is 6.36. The topological polar surface area (TPSA) is 60.0 Å². The molecule has 0 spiro atoms. The quantitative estimate of drug-likeness (QED) is 0.377. The van der Waals surface area contributed by atoms with Crippen LogP contribution in [0.4, 0.5) is 0 Å². The van der Waals surface area contributed by atoms with Gasteiger partial charge >= 0.3 is 18.9 Å². The van der Waals surface area contributed by atoms with Crippen molar-refractivity contribution in [3.8, 4) is 0 Å². The Bertz CT molecular complexity index is 562. The van der Waals surface area contributed by atoms with Crippen molar-refractivity contribution in [3.05, 3.63) is 24.3 Å². The van der Waals surface area contributed by atoms with Gasteiger partial charge in [-0.1, -0.05) is 37.7 Å². The molecule has 0 N–H and O–H groups in total. The van der Waals surface area contributed by atoms with Gasteiger partial charge in [-0.2, -0.15) is 0 Å². The molecule has 142 valence electrons. The molecule has 1 heterocycles. The fraction of sp³-hybridized carbons (Fsp3) is 0.800. The van der Waals surface area contributed by atoms with E-state index in [1.54, 1.807) is 7.11 Å². The first-order valence-corrected chi connectivity index (χ1v) is 9.10. The summed E-state index contributed by atoms with van der Waals surface area (Å²) in [7, 11) is 1.59. The van der Waals surface area contributed by atoms with Gasteiger partial charge in [0.05, 0.1) is 12.2 Å². The Morgan fingerprint density at radius 1 is 1.27 bits per heavy atom. The summed E-state index contributed by atoms with van der Waals surface area (Å²) < 4.78 is 23.7. The molecule has 3 rings (SSSR count). The first kappa shape index (κ1) is 22.2. The zero-order valence-electron chi connectivity index (χ0n) is 17.2. The monoisotopic (exact) mass is 358 g/mol. The molecule has 5 nitrogen and oxygen atoms in total. The molecule has 0 unspecified atom stereocenters. The van der Waals surface area contributed by atoms with Crippen LogP contribution < -0.4 is 24.0 Å². The Hall–Kier alpha value is -0.123. The van der Waals surface area contributed by atoms with Gasteiger partial charge in [0, 0.05) is 7.11 Å². The molecule has 6 heteroatoms. The average Bonchev–Trinajstić information content (AvgIpc) is 2.87. The molecular formula is C20H31LiO5. The van der Waals surface area contributed by atoms with E-state index in [4.69, 9.17) is 18.9 Å². The molecule has 0 aromatic rings. The van der Waals surface area contributed by atoms with Gasteiger partial charge in [0.15, 0.2) is 5.79 Å². The van der Waals surface area contributed by atoms with Crippen LogP contribution in [-0.2, 0) is 18.9 Å². The minimum atomic E-state index is -0.855. The third kappa shape index (κ3) is 3.26. The van der Waals surface area contributed by atoms with Gasteiger partial charge in [-0.05, 0) is 43.9 Å². The maximum absolute atomic E-state index is 13.4. The molecule has 1 saturated carbocycles. The Morgan fingerprint density at radius 3 is 2.46 bits per heavy atom. The molecule has 1 saturated heterocycles. The van der Waals surface area contributed by atoms with E-state index in [2.05, 4.69) is 19.6 Å². The summed E-state index contributed by atoms with van der Waals surface area (Å²) in [6.07, 6.45) is 2.37. The fourth-order valence-corrected chi connectivity index (χ4v) is 5.48. The Balaban J connectivity index is 0.00000243. The third-order valence-electron chi connectivity index (χ3n) is 6.36. The van der Waals surface area contributed by atoms with Crippen molar-refractivity contribution in [2.45, 2.75) is 64.8 Å². The SMILES string of the molecule is C=C[C@H]1C=C(C)[C@H]([O-])[C@@]2(C)[C@@H]1[C@@H](C)[C@@H]1OC(C)(C)O[C@@H]1[C@H]2OCOC.[Li+]. The van der Waals surface area contributed by atoms with Crippen molar-refractivity contribution in [3.63, 3.8) is 0 Å². The molecule has 0 radical (unpaired) electrons. The number of methoxy groups -OCH3 is 1. The molecule has 3 aliphatic rings. The van der Waals surface area contributed by atoms with E-state index in [0.717, 1.165) is 5.57 Å². The van der Waals surface area contributed by atoms with Crippen LogP contribution in [0.5, 0.6) is 0 Å². The van der Waals surface area contributed by atoms with E-state index < -0.39 is 23.4 Å². The van der Waals surface area contributed by atoms with Crippen LogP contribution in [-0.4, -0.2) is 44.1 Å². The van der Waals surface area contributed by atoms with Crippen LogP contribution in [0.2, 0.25) is 0 Å². The first-order chi connectivity index (χ1) is 11.7. The summed E-state index contributed by atoms with van der Waals surface area (Å²) in [6.45, 7) is 14.1. The van der Waals surface area contributed by atoms with Gasteiger partial charge in [0.1, 0.15) is 12.9 Å². The average molecular weight is 358 g/mol. The maximum Gasteiger partial charge on any atom is 1.00 e. The number of allylic oxidation sites excluding steroid dienone is 2. The molecule has 0 amide bonds. The predicted molar refractivity (Wildman–Crippen MR) is 92.6 cm³/mol. The van der Waals surface area contributed by atoms with Gasteiger partial charge in [-0.25, -0.2) is 0 Å². The van der Waals surface area contributed by atoms with Crippen molar-refractivity contribution in [1.82, 2.24) is 0 Å². The van der Waals surface area contributed by atoms with Crippen LogP contribution in [0, 0.1) is 23.2 Å². The summed E-state index contributed by atoms with van der Waals surface area (Å²) >= 11 is 0. The number of rotatable bonds is 4. The van der Waals surface area contributed by atoms with Gasteiger partial charge in [0.25, 0.3) is 0 Å². The van der Waals surface area contributed by atoms with Crippen molar-refractivity contribution in [1.29, 1.82) is 0 Å². The molecule has 0 bridgehead atoms. The van der Waals surface area contributed by atoms with E-state index in [9.17, 15) is 5.11 Å². The Kier molecular flexibility index (Phi) is 6.58. The summed E-state index contributed by atoms with van der Waals surface area (Å²) in [6, 6.07) is 0. The van der Waals surface area contributed by atoms with E-state index in [1.165, 1.54) is 0 Å². The van der Waals surface area contributed by atoms with Crippen molar-refractivity contribution in [2.24, 2.45) is 23.2 Å². The van der Waals surface area contributed by atoms with Crippen LogP contribution in [0.1, 0.15) is 34.6 Å². The standard InChI is InChI=1S/C20H31O5.Li/c1-8-13-9-11(2)17(21)20(6)14(13)12(3)15-16(18(20)23-10-22-7)25-19(4,5)24-15;/h8-9,12-18H,1,10H2,2-7H3;/q-1;+1/t12-,13+,14-,15+,16+,17+,18-,20-;/m1./s1. The molecule has 1 aliphatic heterocycles. The minimum Gasteiger partial charge on any atom is -0.848 e. The minimum absolute atomic E-state index is 0. The summed E-state index contributed by atoms with van der Waals surface area (Å²) in [5.41, 5.74) is 0.221. The zero-order chi connectivity index (χ0) is 18.6. The molecule has 2 fully saturated rings. The Labute approximate surface area is 169 Å². The number of ether oxygens (including phenoxy) is 4. The summed E-state index contributed by atoms with van der Waals surface area (Å²) in [4.78, 5) is 0. The van der Waals surface area contributed by atoms with Crippen molar-refractivity contribution in [2.75, 3.05) is 13.9 Å². The second kappa shape index (κ2) is 7.71. The van der Waals surface area contributed by atoms with Crippen LogP contribution >= 0.6 is 0 Å². The largest absolute Gasteiger partial charge is 1.00 e.